The monoisotopic (exact) mass is 775 g/mol. The second kappa shape index (κ2) is 14.1. The van der Waals surface area contributed by atoms with Crippen LogP contribution in [0.4, 0.5) is 0 Å². The zero-order valence-corrected chi connectivity index (χ0v) is 33.2. The SMILES string of the molecule is c1ccc(-c2ccc(-c3nc(-c4ccc(-c5nc6ccccc6c6cc7c(cc56)-c5ccccc5C7(c5ccccc5)c5ccccc5)cc4)nc4ccccc34)cc2)cc1. The molecule has 284 valence electrons. The molecule has 2 aromatic heterocycles. The first-order valence-electron chi connectivity index (χ1n) is 20.9. The van der Waals surface area contributed by atoms with Crippen LogP contribution in [0.25, 0.3) is 88.7 Å². The van der Waals surface area contributed by atoms with Gasteiger partial charge in [-0.05, 0) is 74.2 Å². The van der Waals surface area contributed by atoms with Crippen molar-refractivity contribution in [1.82, 2.24) is 15.0 Å². The Balaban J connectivity index is 1.02. The number of nitrogens with zero attached hydrogens (tertiary/aromatic N) is 3. The maximum absolute atomic E-state index is 5.40. The van der Waals surface area contributed by atoms with Crippen LogP contribution in [-0.2, 0) is 5.41 Å². The zero-order chi connectivity index (χ0) is 40.3. The lowest BCUT2D eigenvalue weighted by molar-refractivity contribution is 0.769. The highest BCUT2D eigenvalue weighted by molar-refractivity contribution is 6.13. The predicted molar refractivity (Wildman–Crippen MR) is 251 cm³/mol. The van der Waals surface area contributed by atoms with Crippen molar-refractivity contribution in [3.8, 4) is 56.2 Å². The molecule has 9 aromatic carbocycles. The Morgan fingerprint density at radius 1 is 0.279 bits per heavy atom. The van der Waals surface area contributed by atoms with Gasteiger partial charge in [0.05, 0.1) is 27.8 Å². The van der Waals surface area contributed by atoms with Crippen molar-refractivity contribution in [3.05, 3.63) is 247 Å². The van der Waals surface area contributed by atoms with Gasteiger partial charge in [-0.2, -0.15) is 0 Å². The maximum atomic E-state index is 5.40. The topological polar surface area (TPSA) is 38.7 Å². The number of pyridine rings is 1. The number of rotatable bonds is 6. The number of fused-ring (bicyclic) bond motifs is 7. The van der Waals surface area contributed by atoms with Gasteiger partial charge in [0.25, 0.3) is 0 Å². The van der Waals surface area contributed by atoms with Gasteiger partial charge in [-0.15, -0.1) is 0 Å². The molecule has 0 saturated carbocycles. The minimum atomic E-state index is -0.489. The van der Waals surface area contributed by atoms with Gasteiger partial charge in [-0.1, -0.05) is 200 Å². The Morgan fingerprint density at radius 2 is 0.770 bits per heavy atom. The van der Waals surface area contributed by atoms with Gasteiger partial charge in [-0.25, -0.2) is 15.0 Å². The molecule has 3 heteroatoms. The van der Waals surface area contributed by atoms with E-state index in [0.29, 0.717) is 5.82 Å². The molecule has 12 rings (SSSR count). The van der Waals surface area contributed by atoms with Crippen LogP contribution in [0.2, 0.25) is 0 Å². The van der Waals surface area contributed by atoms with E-state index in [1.54, 1.807) is 0 Å². The molecule has 1 aliphatic rings. The smallest absolute Gasteiger partial charge is 0.160 e. The molecule has 0 N–H and O–H groups in total. The number of benzene rings is 9. The second-order valence-electron chi connectivity index (χ2n) is 15.9. The molecular weight excluding hydrogens is 739 g/mol. The second-order valence-corrected chi connectivity index (χ2v) is 15.9. The van der Waals surface area contributed by atoms with Crippen LogP contribution < -0.4 is 0 Å². The Morgan fingerprint density at radius 3 is 1.44 bits per heavy atom. The van der Waals surface area contributed by atoms with E-state index < -0.39 is 5.41 Å². The summed E-state index contributed by atoms with van der Waals surface area (Å²) in [5, 5.41) is 4.48. The van der Waals surface area contributed by atoms with Gasteiger partial charge >= 0.3 is 0 Å². The van der Waals surface area contributed by atoms with Crippen LogP contribution in [0.1, 0.15) is 22.3 Å². The van der Waals surface area contributed by atoms with Crippen LogP contribution in [-0.4, -0.2) is 15.0 Å². The minimum absolute atomic E-state index is 0.489. The van der Waals surface area contributed by atoms with Crippen molar-refractivity contribution >= 4 is 32.6 Å². The first-order chi connectivity index (χ1) is 30.2. The molecule has 2 heterocycles. The number of aromatic nitrogens is 3. The molecular formula is C58H37N3. The molecule has 1 aliphatic carbocycles. The van der Waals surface area contributed by atoms with E-state index in [1.807, 2.05) is 12.1 Å². The number of hydrogen-bond donors (Lipinski definition) is 0. The molecule has 0 radical (unpaired) electrons. The lowest BCUT2D eigenvalue weighted by Gasteiger charge is -2.34. The lowest BCUT2D eigenvalue weighted by atomic mass is 9.67. The largest absolute Gasteiger partial charge is 0.247 e. The fourth-order valence-corrected chi connectivity index (χ4v) is 9.76. The van der Waals surface area contributed by atoms with E-state index in [9.17, 15) is 0 Å². The predicted octanol–water partition coefficient (Wildman–Crippen LogP) is 14.4. The highest BCUT2D eigenvalue weighted by Gasteiger charge is 2.46. The highest BCUT2D eigenvalue weighted by Crippen LogP contribution is 2.57. The molecule has 61 heavy (non-hydrogen) atoms. The van der Waals surface area contributed by atoms with E-state index in [4.69, 9.17) is 15.0 Å². The van der Waals surface area contributed by atoms with Crippen molar-refractivity contribution in [2.75, 3.05) is 0 Å². The Hall–Kier alpha value is -8.01. The summed E-state index contributed by atoms with van der Waals surface area (Å²) in [5.74, 6) is 0.691. The zero-order valence-electron chi connectivity index (χ0n) is 33.2. The highest BCUT2D eigenvalue weighted by atomic mass is 14.9. The number of para-hydroxylation sites is 2. The molecule has 0 unspecified atom stereocenters. The molecule has 0 atom stereocenters. The Bertz CT molecular complexity index is 3390. The van der Waals surface area contributed by atoms with Gasteiger partial charge in [0.1, 0.15) is 0 Å². The molecule has 0 saturated heterocycles. The summed E-state index contributed by atoms with van der Waals surface area (Å²) in [6.07, 6.45) is 0. The van der Waals surface area contributed by atoms with Crippen molar-refractivity contribution in [1.29, 1.82) is 0 Å². The van der Waals surface area contributed by atoms with Gasteiger partial charge in [0.2, 0.25) is 0 Å². The Labute approximate surface area is 354 Å². The van der Waals surface area contributed by atoms with E-state index in [2.05, 4.69) is 212 Å². The summed E-state index contributed by atoms with van der Waals surface area (Å²) >= 11 is 0. The third kappa shape index (κ3) is 5.55. The molecule has 0 fully saturated rings. The van der Waals surface area contributed by atoms with E-state index in [0.717, 1.165) is 55.3 Å². The summed E-state index contributed by atoms with van der Waals surface area (Å²) in [6, 6.07) is 80.4. The molecule has 0 amide bonds. The fourth-order valence-electron chi connectivity index (χ4n) is 9.76. The number of hydrogen-bond acceptors (Lipinski definition) is 3. The van der Waals surface area contributed by atoms with E-state index in [-0.39, 0.29) is 0 Å². The lowest BCUT2D eigenvalue weighted by Crippen LogP contribution is -2.28. The maximum Gasteiger partial charge on any atom is 0.160 e. The first-order valence-corrected chi connectivity index (χ1v) is 20.9. The summed E-state index contributed by atoms with van der Waals surface area (Å²) < 4.78 is 0. The molecule has 0 aliphatic heterocycles. The van der Waals surface area contributed by atoms with E-state index in [1.165, 1.54) is 49.9 Å². The molecule has 0 spiro atoms. The average Bonchev–Trinajstić information content (AvgIpc) is 3.63. The van der Waals surface area contributed by atoms with Crippen LogP contribution in [0.15, 0.2) is 224 Å². The molecule has 0 bridgehead atoms. The van der Waals surface area contributed by atoms with Crippen molar-refractivity contribution in [3.63, 3.8) is 0 Å². The standard InChI is InChI=1S/C58H37N3/c1-4-16-38(17-5-1)39-28-30-40(31-29-39)55-47-24-12-15-27-54(47)60-57(61-55)42-34-32-41(33-35-42)56-50-36-49-45-22-10-13-25-51(45)58(43-18-6-2-7-19-43,44-20-8-3-9-21-44)52(49)37-48(50)46-23-11-14-26-53(46)59-56/h1-37H. The normalized spacial score (nSPS) is 12.7. The summed E-state index contributed by atoms with van der Waals surface area (Å²) in [5.41, 5.74) is 16.3. The summed E-state index contributed by atoms with van der Waals surface area (Å²) in [7, 11) is 0. The average molecular weight is 776 g/mol. The Kier molecular flexibility index (Phi) is 8.07. The third-order valence-electron chi connectivity index (χ3n) is 12.6. The van der Waals surface area contributed by atoms with E-state index >= 15 is 0 Å². The first kappa shape index (κ1) is 35.0. The van der Waals surface area contributed by atoms with Crippen LogP contribution in [0.3, 0.4) is 0 Å². The quantitative estimate of drug-likeness (QED) is 0.158. The van der Waals surface area contributed by atoms with Crippen molar-refractivity contribution < 1.29 is 0 Å². The summed E-state index contributed by atoms with van der Waals surface area (Å²) in [6.45, 7) is 0. The summed E-state index contributed by atoms with van der Waals surface area (Å²) in [4.78, 5) is 15.7. The van der Waals surface area contributed by atoms with Gasteiger partial charge in [0, 0.05) is 32.8 Å². The van der Waals surface area contributed by atoms with Crippen molar-refractivity contribution in [2.24, 2.45) is 0 Å². The van der Waals surface area contributed by atoms with Crippen LogP contribution >= 0.6 is 0 Å². The molecule has 11 aromatic rings. The fraction of sp³-hybridized carbons (Fsp3) is 0.0172. The van der Waals surface area contributed by atoms with Crippen molar-refractivity contribution in [2.45, 2.75) is 5.41 Å². The van der Waals surface area contributed by atoms with Crippen LogP contribution in [0, 0.1) is 0 Å². The molecule has 3 nitrogen and oxygen atoms in total. The third-order valence-corrected chi connectivity index (χ3v) is 12.6. The minimum Gasteiger partial charge on any atom is -0.247 e. The van der Waals surface area contributed by atoms with Crippen LogP contribution in [0.5, 0.6) is 0 Å². The van der Waals surface area contributed by atoms with Gasteiger partial charge in [-0.3, -0.25) is 0 Å². The van der Waals surface area contributed by atoms with Gasteiger partial charge in [0.15, 0.2) is 5.82 Å². The van der Waals surface area contributed by atoms with Gasteiger partial charge < -0.3 is 0 Å².